The van der Waals surface area contributed by atoms with Crippen LogP contribution in [0.15, 0.2) is 54.9 Å². The first-order chi connectivity index (χ1) is 18.6. The van der Waals surface area contributed by atoms with Gasteiger partial charge in [0.15, 0.2) is 11.4 Å². The average molecular weight is 525 g/mol. The van der Waals surface area contributed by atoms with Crippen molar-refractivity contribution in [1.82, 2.24) is 24.5 Å². The number of anilines is 1. The van der Waals surface area contributed by atoms with Crippen LogP contribution < -0.4 is 5.73 Å². The van der Waals surface area contributed by atoms with Gasteiger partial charge < -0.3 is 15.7 Å². The Balaban J connectivity index is 1.39. The van der Waals surface area contributed by atoms with Gasteiger partial charge in [-0.1, -0.05) is 36.4 Å². The molecule has 200 valence electrons. The van der Waals surface area contributed by atoms with Gasteiger partial charge in [0, 0.05) is 40.9 Å². The van der Waals surface area contributed by atoms with E-state index in [1.54, 1.807) is 12.4 Å². The van der Waals surface area contributed by atoms with E-state index in [1.165, 1.54) is 25.3 Å². The molecule has 2 aliphatic heterocycles. The highest BCUT2D eigenvalue weighted by molar-refractivity contribution is 6.00. The van der Waals surface area contributed by atoms with Crippen LogP contribution in [-0.2, 0) is 4.79 Å². The zero-order chi connectivity index (χ0) is 27.5. The Hall–Kier alpha value is -4.11. The lowest BCUT2D eigenvalue weighted by Gasteiger charge is -2.41. The van der Waals surface area contributed by atoms with Gasteiger partial charge in [0.1, 0.15) is 11.4 Å². The lowest BCUT2D eigenvalue weighted by Crippen LogP contribution is -2.53. The first kappa shape index (κ1) is 25.2. The van der Waals surface area contributed by atoms with Crippen molar-refractivity contribution in [2.24, 2.45) is 0 Å². The smallest absolute Gasteiger partial charge is 0.254 e. The van der Waals surface area contributed by atoms with Crippen LogP contribution in [0.2, 0.25) is 0 Å². The fourth-order valence-electron chi connectivity index (χ4n) is 6.27. The fraction of sp³-hybridized carbons (Fsp3) is 0.367. The normalized spacial score (nSPS) is 20.9. The molecule has 0 saturated carbocycles. The minimum atomic E-state index is -1.42. The third kappa shape index (κ3) is 4.27. The fourth-order valence-corrected chi connectivity index (χ4v) is 6.27. The van der Waals surface area contributed by atoms with Crippen molar-refractivity contribution in [2.75, 3.05) is 5.73 Å². The molecule has 5 heterocycles. The van der Waals surface area contributed by atoms with E-state index < -0.39 is 5.60 Å². The van der Waals surface area contributed by atoms with Crippen LogP contribution in [0, 0.1) is 0 Å². The van der Waals surface area contributed by atoms with Crippen molar-refractivity contribution in [3.63, 3.8) is 0 Å². The molecule has 1 amide bonds. The maximum absolute atomic E-state index is 13.0. The molecule has 3 aromatic heterocycles. The molecule has 0 spiro atoms. The van der Waals surface area contributed by atoms with Gasteiger partial charge in [-0.2, -0.15) is 9.61 Å². The van der Waals surface area contributed by atoms with Crippen molar-refractivity contribution in [3.05, 3.63) is 66.1 Å². The number of carbonyl (C=O) groups is 2. The molecule has 2 bridgehead atoms. The molecule has 3 atom stereocenters. The number of pyridine rings is 1. The maximum atomic E-state index is 13.0. The molecule has 0 aliphatic carbocycles. The minimum absolute atomic E-state index is 0.00848. The number of rotatable bonds is 5. The number of aromatic nitrogens is 4. The van der Waals surface area contributed by atoms with Crippen molar-refractivity contribution >= 4 is 23.2 Å². The second-order valence-corrected chi connectivity index (χ2v) is 11.2. The van der Waals surface area contributed by atoms with Gasteiger partial charge in [-0.3, -0.25) is 14.6 Å². The predicted molar refractivity (Wildman–Crippen MR) is 148 cm³/mol. The largest absolute Gasteiger partial charge is 0.383 e. The summed E-state index contributed by atoms with van der Waals surface area (Å²) < 4.78 is 1.53. The van der Waals surface area contributed by atoms with Crippen molar-refractivity contribution < 1.29 is 14.7 Å². The lowest BCUT2D eigenvalue weighted by molar-refractivity contribution is -0.152. The number of carbonyl (C=O) groups excluding carboxylic acids is 2. The molecule has 3 N–H and O–H groups in total. The third-order valence-electron chi connectivity index (χ3n) is 8.08. The zero-order valence-electron chi connectivity index (χ0n) is 22.3. The van der Waals surface area contributed by atoms with E-state index in [0.717, 1.165) is 35.2 Å². The predicted octanol–water partition coefficient (Wildman–Crippen LogP) is 4.25. The van der Waals surface area contributed by atoms with Gasteiger partial charge in [-0.15, -0.1) is 0 Å². The van der Waals surface area contributed by atoms with Crippen LogP contribution in [0.5, 0.6) is 0 Å². The van der Waals surface area contributed by atoms with E-state index in [2.05, 4.69) is 10.1 Å². The quantitative estimate of drug-likeness (QED) is 0.374. The summed E-state index contributed by atoms with van der Waals surface area (Å²) in [6, 6.07) is 13.9. The molecule has 9 nitrogen and oxygen atoms in total. The van der Waals surface area contributed by atoms with Gasteiger partial charge >= 0.3 is 0 Å². The lowest BCUT2D eigenvalue weighted by atomic mass is 9.84. The van der Waals surface area contributed by atoms with Crippen LogP contribution in [0.1, 0.15) is 68.4 Å². The average Bonchev–Trinajstić information content (AvgIpc) is 3.45. The molecule has 2 fully saturated rings. The van der Waals surface area contributed by atoms with Crippen LogP contribution >= 0.6 is 0 Å². The number of hydrogen-bond acceptors (Lipinski definition) is 7. The Morgan fingerprint density at radius 1 is 1.00 bits per heavy atom. The second kappa shape index (κ2) is 9.27. The van der Waals surface area contributed by atoms with Crippen LogP contribution in [0.25, 0.3) is 28.0 Å². The van der Waals surface area contributed by atoms with Gasteiger partial charge in [0.25, 0.3) is 5.91 Å². The van der Waals surface area contributed by atoms with Gasteiger partial charge in [0.05, 0.1) is 23.1 Å². The summed E-state index contributed by atoms with van der Waals surface area (Å²) in [5, 5.41) is 14.9. The van der Waals surface area contributed by atoms with E-state index in [4.69, 9.17) is 10.7 Å². The summed E-state index contributed by atoms with van der Waals surface area (Å²) in [6.07, 6.45) is 6.58. The Morgan fingerprint density at radius 2 is 1.69 bits per heavy atom. The number of hydrogen-bond donors (Lipinski definition) is 2. The molecule has 2 aliphatic rings. The molecule has 6 rings (SSSR count). The summed E-state index contributed by atoms with van der Waals surface area (Å²) in [6.45, 7) is 4.57. The van der Waals surface area contributed by atoms with Crippen molar-refractivity contribution in [2.45, 2.75) is 70.1 Å². The highest BCUT2D eigenvalue weighted by Crippen LogP contribution is 2.45. The molecule has 2 saturated heterocycles. The molecule has 4 aromatic rings. The number of aliphatic hydroxyl groups is 1. The highest BCUT2D eigenvalue weighted by Gasteiger charge is 2.47. The SMILES string of the molecule is CC(=O)c1c([C@H]2C[C@H]3CC[C@@H](C2)N3C(=O)C(C)(C)O)nc2c(-c3ccc(-c4ccccc4)nc3)cnn2c1N. The van der Waals surface area contributed by atoms with E-state index in [1.807, 2.05) is 47.4 Å². The maximum Gasteiger partial charge on any atom is 0.254 e. The number of nitrogen functional groups attached to an aromatic ring is 1. The second-order valence-electron chi connectivity index (χ2n) is 11.2. The number of Topliss-reactive ketones (excluding diaryl/α,β-unsaturated/α-hetero) is 1. The van der Waals surface area contributed by atoms with E-state index in [0.29, 0.717) is 29.7 Å². The molecular formula is C30H32N6O3. The number of nitrogens with zero attached hydrogens (tertiary/aromatic N) is 5. The summed E-state index contributed by atoms with van der Waals surface area (Å²) >= 11 is 0. The summed E-state index contributed by atoms with van der Waals surface area (Å²) in [5.41, 5.74) is 10.3. The minimum Gasteiger partial charge on any atom is -0.383 e. The molecule has 39 heavy (non-hydrogen) atoms. The highest BCUT2D eigenvalue weighted by atomic mass is 16.3. The Labute approximate surface area is 226 Å². The Bertz CT molecular complexity index is 1560. The first-order valence-corrected chi connectivity index (χ1v) is 13.4. The number of ketones is 1. The number of fused-ring (bicyclic) bond motifs is 3. The van der Waals surface area contributed by atoms with Gasteiger partial charge in [0.2, 0.25) is 0 Å². The van der Waals surface area contributed by atoms with E-state index in [9.17, 15) is 14.7 Å². The van der Waals surface area contributed by atoms with Gasteiger partial charge in [-0.25, -0.2) is 4.98 Å². The number of amides is 1. The molecule has 0 unspecified atom stereocenters. The zero-order valence-corrected chi connectivity index (χ0v) is 22.3. The number of benzene rings is 1. The Kier molecular flexibility index (Phi) is 5.99. The van der Waals surface area contributed by atoms with Crippen molar-refractivity contribution in [3.8, 4) is 22.4 Å². The first-order valence-electron chi connectivity index (χ1n) is 13.4. The number of piperidine rings is 1. The molecular weight excluding hydrogens is 492 g/mol. The summed E-state index contributed by atoms with van der Waals surface area (Å²) in [7, 11) is 0. The van der Waals surface area contributed by atoms with Crippen LogP contribution in [0.3, 0.4) is 0 Å². The van der Waals surface area contributed by atoms with Gasteiger partial charge in [-0.05, 0) is 52.5 Å². The standard InChI is InChI=1S/C30H32N6O3/c1-17(37)25-26(20-13-21-10-11-22(14-20)35(21)29(38)30(2,3)39)34-28-23(16-33-36(28)27(25)31)19-9-12-24(32-15-19)18-7-5-4-6-8-18/h4-9,12,15-16,20-22,39H,10-11,13-14,31H2,1-3H3/t20-,21+,22-. The van der Waals surface area contributed by atoms with E-state index >= 15 is 0 Å². The third-order valence-corrected chi connectivity index (χ3v) is 8.08. The summed E-state index contributed by atoms with van der Waals surface area (Å²) in [4.78, 5) is 37.4. The van der Waals surface area contributed by atoms with Crippen LogP contribution in [-0.4, -0.2) is 59.0 Å². The number of nitrogens with two attached hydrogens (primary N) is 1. The van der Waals surface area contributed by atoms with E-state index in [-0.39, 0.29) is 35.5 Å². The molecule has 1 aromatic carbocycles. The molecule has 9 heteroatoms. The monoisotopic (exact) mass is 524 g/mol. The topological polar surface area (TPSA) is 127 Å². The molecule has 0 radical (unpaired) electrons. The van der Waals surface area contributed by atoms with Crippen molar-refractivity contribution in [1.29, 1.82) is 0 Å². The summed E-state index contributed by atoms with van der Waals surface area (Å²) in [5.74, 6) is -0.177. The Morgan fingerprint density at radius 3 is 2.28 bits per heavy atom. The van der Waals surface area contributed by atoms with Crippen LogP contribution in [0.4, 0.5) is 5.82 Å².